The first-order valence-corrected chi connectivity index (χ1v) is 7.98. The number of nitrogens with two attached hydrogens (primary N) is 1. The summed E-state index contributed by atoms with van der Waals surface area (Å²) in [7, 11) is 0. The fourth-order valence-corrected chi connectivity index (χ4v) is 3.51. The molecule has 2 unspecified atom stereocenters. The average molecular weight is 292 g/mol. The van der Waals surface area contributed by atoms with Crippen LogP contribution in [-0.4, -0.2) is 15.6 Å². The van der Waals surface area contributed by atoms with Crippen LogP contribution in [-0.2, 0) is 6.54 Å². The molecule has 4 heteroatoms. The highest BCUT2D eigenvalue weighted by Crippen LogP contribution is 2.34. The molecule has 108 valence electrons. The second-order valence-corrected chi connectivity index (χ2v) is 6.31. The van der Waals surface area contributed by atoms with Crippen molar-refractivity contribution in [1.29, 1.82) is 0 Å². The molecule has 1 fully saturated rings. The van der Waals surface area contributed by atoms with Crippen LogP contribution in [0.15, 0.2) is 18.2 Å². The molecule has 0 aliphatic heterocycles. The number of aromatic nitrogens is 2. The summed E-state index contributed by atoms with van der Waals surface area (Å²) in [6, 6.07) is 6.30. The summed E-state index contributed by atoms with van der Waals surface area (Å²) < 4.78 is 2.35. The van der Waals surface area contributed by atoms with Gasteiger partial charge in [0.2, 0.25) is 0 Å². The van der Waals surface area contributed by atoms with E-state index in [2.05, 4.69) is 11.5 Å². The molecular formula is C16H22ClN3. The molecule has 0 bridgehead atoms. The van der Waals surface area contributed by atoms with Crippen LogP contribution in [0.4, 0.5) is 0 Å². The lowest BCUT2D eigenvalue weighted by molar-refractivity contribution is 0.374. The zero-order valence-electron chi connectivity index (χ0n) is 12.0. The number of aryl methyl sites for hydroxylation is 1. The summed E-state index contributed by atoms with van der Waals surface area (Å²) in [4.78, 5) is 4.88. The number of hydrogen-bond donors (Lipinski definition) is 1. The lowest BCUT2D eigenvalue weighted by Gasteiger charge is -2.26. The summed E-state index contributed by atoms with van der Waals surface area (Å²) in [6.45, 7) is 3.20. The van der Waals surface area contributed by atoms with Gasteiger partial charge in [-0.1, -0.05) is 24.9 Å². The number of nitrogens with zero attached hydrogens (tertiary/aromatic N) is 2. The number of benzene rings is 1. The Balaban J connectivity index is 2.06. The molecule has 2 atom stereocenters. The minimum atomic E-state index is 0.326. The fraction of sp³-hybridized carbons (Fsp3) is 0.562. The minimum Gasteiger partial charge on any atom is -0.328 e. The Morgan fingerprint density at radius 1 is 1.40 bits per heavy atom. The maximum Gasteiger partial charge on any atom is 0.113 e. The SMILES string of the molecule is CCCn1c(C2CCCC(N)C2)nc2ccc(Cl)cc21. The van der Waals surface area contributed by atoms with Crippen molar-refractivity contribution in [2.75, 3.05) is 0 Å². The first-order chi connectivity index (χ1) is 9.69. The number of halogens is 1. The van der Waals surface area contributed by atoms with E-state index in [0.717, 1.165) is 41.9 Å². The smallest absolute Gasteiger partial charge is 0.113 e. The van der Waals surface area contributed by atoms with Crippen molar-refractivity contribution in [2.45, 2.75) is 57.5 Å². The van der Waals surface area contributed by atoms with Gasteiger partial charge in [0.1, 0.15) is 5.82 Å². The van der Waals surface area contributed by atoms with Gasteiger partial charge in [0, 0.05) is 23.5 Å². The standard InChI is InChI=1S/C16H22ClN3/c1-2-8-20-15-10-12(17)6-7-14(15)19-16(20)11-4-3-5-13(18)9-11/h6-7,10-11,13H,2-5,8-9,18H2,1H3. The summed E-state index contributed by atoms with van der Waals surface area (Å²) in [5.41, 5.74) is 8.36. The highest BCUT2D eigenvalue weighted by atomic mass is 35.5. The van der Waals surface area contributed by atoms with E-state index < -0.39 is 0 Å². The van der Waals surface area contributed by atoms with Gasteiger partial charge in [-0.05, 0) is 43.9 Å². The number of rotatable bonds is 3. The summed E-state index contributed by atoms with van der Waals surface area (Å²) in [5.74, 6) is 1.70. The molecule has 1 aromatic heterocycles. The van der Waals surface area contributed by atoms with Gasteiger partial charge in [-0.2, -0.15) is 0 Å². The normalized spacial score (nSPS) is 23.4. The lowest BCUT2D eigenvalue weighted by atomic mass is 9.85. The van der Waals surface area contributed by atoms with Gasteiger partial charge in [-0.25, -0.2) is 4.98 Å². The molecule has 1 aliphatic rings. The van der Waals surface area contributed by atoms with E-state index in [1.807, 2.05) is 18.2 Å². The van der Waals surface area contributed by atoms with Gasteiger partial charge in [-0.3, -0.25) is 0 Å². The van der Waals surface area contributed by atoms with Crippen molar-refractivity contribution < 1.29 is 0 Å². The molecule has 2 N–H and O–H groups in total. The summed E-state index contributed by atoms with van der Waals surface area (Å²) >= 11 is 6.15. The molecule has 0 radical (unpaired) electrons. The van der Waals surface area contributed by atoms with Crippen molar-refractivity contribution in [2.24, 2.45) is 5.73 Å². The highest BCUT2D eigenvalue weighted by Gasteiger charge is 2.25. The third-order valence-electron chi connectivity index (χ3n) is 4.27. The zero-order chi connectivity index (χ0) is 14.1. The Labute approximate surface area is 125 Å². The van der Waals surface area contributed by atoms with E-state index >= 15 is 0 Å². The van der Waals surface area contributed by atoms with E-state index in [1.165, 1.54) is 18.7 Å². The Bertz CT molecular complexity index is 605. The molecule has 0 saturated heterocycles. The third kappa shape index (κ3) is 2.57. The van der Waals surface area contributed by atoms with Crippen molar-refractivity contribution in [1.82, 2.24) is 9.55 Å². The van der Waals surface area contributed by atoms with Crippen LogP contribution in [0.1, 0.15) is 50.8 Å². The lowest BCUT2D eigenvalue weighted by Crippen LogP contribution is -2.28. The molecule has 1 saturated carbocycles. The van der Waals surface area contributed by atoms with E-state index in [-0.39, 0.29) is 0 Å². The van der Waals surface area contributed by atoms with Crippen LogP contribution in [0.25, 0.3) is 11.0 Å². The predicted octanol–water partition coefficient (Wildman–Crippen LogP) is 4.08. The first-order valence-electron chi connectivity index (χ1n) is 7.60. The van der Waals surface area contributed by atoms with Gasteiger partial charge in [-0.15, -0.1) is 0 Å². The van der Waals surface area contributed by atoms with Crippen LogP contribution >= 0.6 is 11.6 Å². The minimum absolute atomic E-state index is 0.326. The van der Waals surface area contributed by atoms with E-state index in [1.54, 1.807) is 0 Å². The molecule has 3 rings (SSSR count). The quantitative estimate of drug-likeness (QED) is 0.926. The Morgan fingerprint density at radius 3 is 3.00 bits per heavy atom. The molecule has 2 aromatic rings. The third-order valence-corrected chi connectivity index (χ3v) is 4.50. The fourth-order valence-electron chi connectivity index (χ4n) is 3.35. The molecule has 20 heavy (non-hydrogen) atoms. The summed E-state index contributed by atoms with van der Waals surface area (Å²) in [5, 5.41) is 0.779. The molecule has 3 nitrogen and oxygen atoms in total. The van der Waals surface area contributed by atoms with Crippen LogP contribution in [0.3, 0.4) is 0 Å². The molecule has 0 amide bonds. The summed E-state index contributed by atoms with van der Waals surface area (Å²) in [6.07, 6.45) is 5.72. The van der Waals surface area contributed by atoms with Gasteiger partial charge in [0.25, 0.3) is 0 Å². The predicted molar refractivity (Wildman–Crippen MR) is 84.2 cm³/mol. The highest BCUT2D eigenvalue weighted by molar-refractivity contribution is 6.31. The molecular weight excluding hydrogens is 270 g/mol. The second kappa shape index (κ2) is 5.74. The van der Waals surface area contributed by atoms with Crippen LogP contribution < -0.4 is 5.73 Å². The Hall–Kier alpha value is -1.06. The van der Waals surface area contributed by atoms with Gasteiger partial charge in [0.15, 0.2) is 0 Å². The van der Waals surface area contributed by atoms with E-state index in [4.69, 9.17) is 22.3 Å². The monoisotopic (exact) mass is 291 g/mol. The molecule has 0 spiro atoms. The maximum absolute atomic E-state index is 6.15. The maximum atomic E-state index is 6.15. The van der Waals surface area contributed by atoms with Crippen molar-refractivity contribution in [3.63, 3.8) is 0 Å². The topological polar surface area (TPSA) is 43.8 Å². The molecule has 1 aliphatic carbocycles. The van der Waals surface area contributed by atoms with E-state index in [0.29, 0.717) is 12.0 Å². The largest absolute Gasteiger partial charge is 0.328 e. The number of fused-ring (bicyclic) bond motifs is 1. The number of imidazole rings is 1. The van der Waals surface area contributed by atoms with E-state index in [9.17, 15) is 0 Å². The Kier molecular flexibility index (Phi) is 3.99. The van der Waals surface area contributed by atoms with Gasteiger partial charge < -0.3 is 10.3 Å². The first kappa shape index (κ1) is 13.9. The number of hydrogen-bond acceptors (Lipinski definition) is 2. The average Bonchev–Trinajstić information content (AvgIpc) is 2.78. The van der Waals surface area contributed by atoms with Gasteiger partial charge in [0.05, 0.1) is 11.0 Å². The van der Waals surface area contributed by atoms with Crippen molar-refractivity contribution in [3.05, 3.63) is 29.0 Å². The van der Waals surface area contributed by atoms with Crippen molar-refractivity contribution in [3.8, 4) is 0 Å². The Morgan fingerprint density at radius 2 is 2.25 bits per heavy atom. The van der Waals surface area contributed by atoms with Crippen LogP contribution in [0.2, 0.25) is 5.02 Å². The van der Waals surface area contributed by atoms with Crippen molar-refractivity contribution >= 4 is 22.6 Å². The van der Waals surface area contributed by atoms with Gasteiger partial charge >= 0.3 is 0 Å². The molecule has 1 aromatic carbocycles. The van der Waals surface area contributed by atoms with Crippen LogP contribution in [0.5, 0.6) is 0 Å². The second-order valence-electron chi connectivity index (χ2n) is 5.88. The zero-order valence-corrected chi connectivity index (χ0v) is 12.7. The van der Waals surface area contributed by atoms with Crippen LogP contribution in [0, 0.1) is 0 Å². The molecule has 1 heterocycles.